The number of carboxylic acids is 1. The molecule has 25 heavy (non-hydrogen) atoms. The van der Waals surface area contributed by atoms with Gasteiger partial charge in [0.05, 0.1) is 0 Å². The van der Waals surface area contributed by atoms with Gasteiger partial charge in [-0.3, -0.25) is 9.48 Å². The molecule has 2 aliphatic rings. The van der Waals surface area contributed by atoms with Crippen LogP contribution in [-0.4, -0.2) is 34.1 Å². The molecule has 3 rings (SSSR count). The zero-order valence-corrected chi connectivity index (χ0v) is 13.7. The van der Waals surface area contributed by atoms with E-state index in [4.69, 9.17) is 4.74 Å². The topological polar surface area (TPSA) is 81.4 Å². The predicted molar refractivity (Wildman–Crippen MR) is 89.9 cm³/mol. The minimum absolute atomic E-state index is 0.221. The summed E-state index contributed by atoms with van der Waals surface area (Å²) in [5, 5.41) is 13.3. The monoisotopic (exact) mass is 346 g/mol. The van der Waals surface area contributed by atoms with Gasteiger partial charge in [-0.1, -0.05) is 12.2 Å². The Bertz CT molecular complexity index is 817. The molecule has 0 bridgehead atoms. The lowest BCUT2D eigenvalue weighted by molar-refractivity contribution is 0.0592. The highest BCUT2D eigenvalue weighted by Crippen LogP contribution is 2.20. The molecular formula is C18H19FN2O4. The van der Waals surface area contributed by atoms with Crippen LogP contribution in [0.25, 0.3) is 5.57 Å². The van der Waals surface area contributed by atoms with Crippen molar-refractivity contribution >= 4 is 11.5 Å². The normalized spacial score (nSPS) is 18.4. The van der Waals surface area contributed by atoms with E-state index in [1.165, 1.54) is 22.9 Å². The van der Waals surface area contributed by atoms with Gasteiger partial charge in [-0.05, 0) is 42.9 Å². The Hall–Kier alpha value is -2.54. The molecule has 0 saturated carbocycles. The molecule has 1 aliphatic heterocycles. The third-order valence-corrected chi connectivity index (χ3v) is 4.34. The number of hydrogen-bond donors (Lipinski definition) is 1. The van der Waals surface area contributed by atoms with E-state index in [9.17, 15) is 19.1 Å². The van der Waals surface area contributed by atoms with E-state index in [0.717, 1.165) is 12.8 Å². The second-order valence-electron chi connectivity index (χ2n) is 6.12. The summed E-state index contributed by atoms with van der Waals surface area (Å²) in [6.45, 7) is 1.85. The Kier molecular flexibility index (Phi) is 5.23. The number of nitrogens with zero attached hydrogens (tertiary/aromatic N) is 2. The van der Waals surface area contributed by atoms with Crippen LogP contribution < -0.4 is 5.43 Å². The highest BCUT2D eigenvalue weighted by Gasteiger charge is 2.20. The van der Waals surface area contributed by atoms with E-state index < -0.39 is 17.1 Å². The maximum Gasteiger partial charge on any atom is 0.360 e. The van der Waals surface area contributed by atoms with Crippen molar-refractivity contribution in [2.75, 3.05) is 13.2 Å². The fourth-order valence-electron chi connectivity index (χ4n) is 2.97. The quantitative estimate of drug-likeness (QED) is 0.906. The first-order chi connectivity index (χ1) is 12.0. The SMILES string of the molecule is O=C(O)c1nn(CC2CCOCC2)cc(C2=CCC=C(F)C=C2)c1=O. The Balaban J connectivity index is 1.99. The minimum Gasteiger partial charge on any atom is -0.476 e. The zero-order valence-electron chi connectivity index (χ0n) is 13.7. The van der Waals surface area contributed by atoms with Crippen LogP contribution in [0, 0.1) is 5.92 Å². The number of aromatic carboxylic acids is 1. The Morgan fingerprint density at radius 1 is 1.32 bits per heavy atom. The lowest BCUT2D eigenvalue weighted by Crippen LogP contribution is -2.28. The van der Waals surface area contributed by atoms with Gasteiger partial charge in [0.2, 0.25) is 11.1 Å². The molecule has 0 unspecified atom stereocenters. The summed E-state index contributed by atoms with van der Waals surface area (Å²) in [7, 11) is 0. The first kappa shape index (κ1) is 17.3. The molecule has 7 heteroatoms. The maximum atomic E-state index is 13.4. The number of rotatable bonds is 4. The van der Waals surface area contributed by atoms with E-state index >= 15 is 0 Å². The standard InChI is InChI=1S/C18H19FN2O4/c19-14-3-1-2-13(4-5-14)15-11-21(10-12-6-8-25-9-7-12)20-16(17(15)22)18(23)24/h2-5,11-12H,1,6-10H2,(H,23,24). The van der Waals surface area contributed by atoms with Crippen molar-refractivity contribution in [1.29, 1.82) is 0 Å². The maximum absolute atomic E-state index is 13.4. The minimum atomic E-state index is -1.37. The number of allylic oxidation sites excluding steroid dienone is 6. The Labute approximate surface area is 143 Å². The molecule has 2 heterocycles. The van der Waals surface area contributed by atoms with Crippen LogP contribution in [0.2, 0.25) is 0 Å². The first-order valence-corrected chi connectivity index (χ1v) is 8.21. The van der Waals surface area contributed by atoms with E-state index in [1.807, 2.05) is 0 Å². The van der Waals surface area contributed by atoms with Gasteiger partial charge in [0.15, 0.2) is 0 Å². The number of halogens is 1. The molecule has 1 aliphatic carbocycles. The van der Waals surface area contributed by atoms with Gasteiger partial charge in [-0.15, -0.1) is 0 Å². The van der Waals surface area contributed by atoms with Crippen molar-refractivity contribution < 1.29 is 19.0 Å². The molecule has 0 spiro atoms. The van der Waals surface area contributed by atoms with E-state index in [0.29, 0.717) is 37.7 Å². The number of carbonyl (C=O) groups is 1. The number of ether oxygens (including phenoxy) is 1. The van der Waals surface area contributed by atoms with Crippen molar-refractivity contribution in [2.45, 2.75) is 25.8 Å². The molecule has 1 aromatic rings. The summed E-state index contributed by atoms with van der Waals surface area (Å²) in [5.74, 6) is -1.44. The molecule has 0 aromatic carbocycles. The van der Waals surface area contributed by atoms with Crippen LogP contribution in [0.15, 0.2) is 41.1 Å². The molecule has 6 nitrogen and oxygen atoms in total. The van der Waals surface area contributed by atoms with Crippen LogP contribution in [0.4, 0.5) is 4.39 Å². The summed E-state index contributed by atoms with van der Waals surface area (Å²) in [4.78, 5) is 23.9. The summed E-state index contributed by atoms with van der Waals surface area (Å²) in [6.07, 6.45) is 9.46. The van der Waals surface area contributed by atoms with Gasteiger partial charge >= 0.3 is 5.97 Å². The Morgan fingerprint density at radius 2 is 2.08 bits per heavy atom. The molecule has 1 aromatic heterocycles. The van der Waals surface area contributed by atoms with Crippen molar-refractivity contribution in [2.24, 2.45) is 5.92 Å². The van der Waals surface area contributed by atoms with Crippen molar-refractivity contribution in [3.63, 3.8) is 0 Å². The van der Waals surface area contributed by atoms with Gasteiger partial charge in [0.25, 0.3) is 0 Å². The molecule has 1 saturated heterocycles. The summed E-state index contributed by atoms with van der Waals surface area (Å²) >= 11 is 0. The second-order valence-corrected chi connectivity index (χ2v) is 6.12. The van der Waals surface area contributed by atoms with Gasteiger partial charge in [0, 0.05) is 31.5 Å². The van der Waals surface area contributed by atoms with Crippen molar-refractivity contribution in [1.82, 2.24) is 9.78 Å². The third-order valence-electron chi connectivity index (χ3n) is 4.34. The highest BCUT2D eigenvalue weighted by molar-refractivity contribution is 5.87. The van der Waals surface area contributed by atoms with Gasteiger partial charge in [-0.2, -0.15) is 5.10 Å². The van der Waals surface area contributed by atoms with E-state index in [-0.39, 0.29) is 11.4 Å². The highest BCUT2D eigenvalue weighted by atomic mass is 19.1. The predicted octanol–water partition coefficient (Wildman–Crippen LogP) is 2.56. The average Bonchev–Trinajstić information content (AvgIpc) is 2.81. The molecule has 132 valence electrons. The third kappa shape index (κ3) is 4.11. The van der Waals surface area contributed by atoms with E-state index in [1.54, 1.807) is 12.3 Å². The number of hydrogen-bond acceptors (Lipinski definition) is 4. The van der Waals surface area contributed by atoms with Crippen LogP contribution >= 0.6 is 0 Å². The van der Waals surface area contributed by atoms with E-state index in [2.05, 4.69) is 5.10 Å². The largest absolute Gasteiger partial charge is 0.476 e. The molecule has 0 atom stereocenters. The fraction of sp³-hybridized carbons (Fsp3) is 0.389. The number of aromatic nitrogens is 2. The van der Waals surface area contributed by atoms with Crippen LogP contribution in [-0.2, 0) is 11.3 Å². The summed E-state index contributed by atoms with van der Waals surface area (Å²) in [5.41, 5.74) is -0.455. The van der Waals surface area contributed by atoms with Gasteiger partial charge in [0.1, 0.15) is 5.83 Å². The fourth-order valence-corrected chi connectivity index (χ4v) is 2.97. The molecule has 0 radical (unpaired) electrons. The van der Waals surface area contributed by atoms with Gasteiger partial charge in [-0.25, -0.2) is 9.18 Å². The molecule has 1 N–H and O–H groups in total. The average molecular weight is 346 g/mol. The smallest absolute Gasteiger partial charge is 0.360 e. The van der Waals surface area contributed by atoms with Crippen molar-refractivity contribution in [3.8, 4) is 0 Å². The van der Waals surface area contributed by atoms with Gasteiger partial charge < -0.3 is 9.84 Å². The second kappa shape index (κ2) is 7.57. The lowest BCUT2D eigenvalue weighted by atomic mass is 10.0. The molecule has 0 amide bonds. The molecular weight excluding hydrogens is 327 g/mol. The van der Waals surface area contributed by atoms with Crippen molar-refractivity contribution in [3.05, 3.63) is 57.8 Å². The first-order valence-electron chi connectivity index (χ1n) is 8.21. The molecule has 1 fully saturated rings. The summed E-state index contributed by atoms with van der Waals surface area (Å²) in [6, 6.07) is 0. The van der Waals surface area contributed by atoms with Crippen LogP contribution in [0.1, 0.15) is 35.3 Å². The van der Waals surface area contributed by atoms with Crippen LogP contribution in [0.5, 0.6) is 0 Å². The lowest BCUT2D eigenvalue weighted by Gasteiger charge is -2.22. The zero-order chi connectivity index (χ0) is 17.8. The summed E-state index contributed by atoms with van der Waals surface area (Å²) < 4.78 is 20.2. The van der Waals surface area contributed by atoms with Crippen LogP contribution in [0.3, 0.4) is 0 Å². The number of carboxylic acid groups (broad SMARTS) is 1. The Morgan fingerprint density at radius 3 is 2.80 bits per heavy atom.